The Bertz CT molecular complexity index is 416. The molecule has 4 N–H and O–H groups in total. The Morgan fingerprint density at radius 2 is 2.35 bits per heavy atom. The van der Waals surface area contributed by atoms with Gasteiger partial charge in [-0.3, -0.25) is 4.79 Å². The van der Waals surface area contributed by atoms with E-state index in [0.29, 0.717) is 6.54 Å². The molecule has 5 heteroatoms. The zero-order valence-electron chi connectivity index (χ0n) is 9.50. The Morgan fingerprint density at radius 1 is 1.53 bits per heavy atom. The summed E-state index contributed by atoms with van der Waals surface area (Å²) < 4.78 is 0.978. The van der Waals surface area contributed by atoms with Crippen LogP contribution in [-0.2, 0) is 4.79 Å². The first-order valence-corrected chi connectivity index (χ1v) is 6.46. The summed E-state index contributed by atoms with van der Waals surface area (Å²) in [4.78, 5) is 11.7. The number of anilines is 1. The van der Waals surface area contributed by atoms with Crippen molar-refractivity contribution in [3.63, 3.8) is 0 Å². The van der Waals surface area contributed by atoms with Crippen LogP contribution in [0.15, 0.2) is 28.7 Å². The van der Waals surface area contributed by atoms with Crippen LogP contribution in [0.3, 0.4) is 0 Å². The number of rotatable bonds is 3. The van der Waals surface area contributed by atoms with Crippen molar-refractivity contribution >= 4 is 27.5 Å². The van der Waals surface area contributed by atoms with Crippen LogP contribution in [0.5, 0.6) is 0 Å². The molecule has 2 rings (SSSR count). The van der Waals surface area contributed by atoms with E-state index in [0.717, 1.165) is 29.5 Å². The van der Waals surface area contributed by atoms with E-state index < -0.39 is 5.54 Å². The van der Waals surface area contributed by atoms with Crippen molar-refractivity contribution in [2.75, 3.05) is 18.4 Å². The third-order valence-electron chi connectivity index (χ3n) is 3.06. The van der Waals surface area contributed by atoms with Gasteiger partial charge in [0.25, 0.3) is 0 Å². The van der Waals surface area contributed by atoms with Gasteiger partial charge in [0.15, 0.2) is 0 Å². The summed E-state index contributed by atoms with van der Waals surface area (Å²) in [5, 5.41) is 6.48. The molecule has 0 radical (unpaired) electrons. The lowest BCUT2D eigenvalue weighted by Crippen LogP contribution is -2.59. The van der Waals surface area contributed by atoms with Gasteiger partial charge >= 0.3 is 0 Å². The minimum Gasteiger partial charge on any atom is -0.370 e. The van der Waals surface area contributed by atoms with Crippen LogP contribution >= 0.6 is 15.9 Å². The van der Waals surface area contributed by atoms with Gasteiger partial charge in [-0.05, 0) is 37.6 Å². The van der Waals surface area contributed by atoms with Crippen molar-refractivity contribution in [1.82, 2.24) is 5.32 Å². The second-order valence-electron chi connectivity index (χ2n) is 4.36. The van der Waals surface area contributed by atoms with E-state index in [1.807, 2.05) is 24.3 Å². The topological polar surface area (TPSA) is 67.2 Å². The third kappa shape index (κ3) is 2.79. The molecule has 92 valence electrons. The lowest BCUT2D eigenvalue weighted by Gasteiger charge is -2.36. The van der Waals surface area contributed by atoms with E-state index >= 15 is 0 Å². The molecule has 0 aliphatic carbocycles. The standard InChI is InChI=1S/C12H16BrN3O/c13-9-3-1-4-10(7-9)16-12(11(14)17)5-2-6-15-8-12/h1,3-4,7,15-16H,2,5-6,8H2,(H2,14,17). The molecule has 0 spiro atoms. The number of hydrogen-bond acceptors (Lipinski definition) is 3. The second kappa shape index (κ2) is 5.06. The molecule has 0 bridgehead atoms. The first kappa shape index (κ1) is 12.4. The average Bonchev–Trinajstić information content (AvgIpc) is 2.30. The van der Waals surface area contributed by atoms with Crippen molar-refractivity contribution in [2.45, 2.75) is 18.4 Å². The van der Waals surface area contributed by atoms with Crippen molar-refractivity contribution in [1.29, 1.82) is 0 Å². The van der Waals surface area contributed by atoms with Gasteiger partial charge in [-0.2, -0.15) is 0 Å². The van der Waals surface area contributed by atoms with Crippen LogP contribution in [0.2, 0.25) is 0 Å². The Morgan fingerprint density at radius 3 is 2.94 bits per heavy atom. The lowest BCUT2D eigenvalue weighted by atomic mass is 9.89. The van der Waals surface area contributed by atoms with E-state index in [4.69, 9.17) is 5.73 Å². The molecule has 1 unspecified atom stereocenters. The fourth-order valence-electron chi connectivity index (χ4n) is 2.13. The normalized spacial score (nSPS) is 24.3. The Kier molecular flexibility index (Phi) is 3.69. The predicted molar refractivity (Wildman–Crippen MR) is 71.8 cm³/mol. The number of halogens is 1. The van der Waals surface area contributed by atoms with E-state index in [1.165, 1.54) is 0 Å². The van der Waals surface area contributed by atoms with Crippen LogP contribution in [0.1, 0.15) is 12.8 Å². The maximum Gasteiger partial charge on any atom is 0.244 e. The fraction of sp³-hybridized carbons (Fsp3) is 0.417. The average molecular weight is 298 g/mol. The van der Waals surface area contributed by atoms with Gasteiger partial charge in [-0.25, -0.2) is 0 Å². The number of nitrogens with one attached hydrogen (secondary N) is 2. The monoisotopic (exact) mass is 297 g/mol. The van der Waals surface area contributed by atoms with Crippen LogP contribution in [0.4, 0.5) is 5.69 Å². The summed E-state index contributed by atoms with van der Waals surface area (Å²) in [6, 6.07) is 7.75. The number of hydrogen-bond donors (Lipinski definition) is 3. The third-order valence-corrected chi connectivity index (χ3v) is 3.56. The number of amides is 1. The summed E-state index contributed by atoms with van der Waals surface area (Å²) in [7, 11) is 0. The van der Waals surface area contributed by atoms with Gasteiger partial charge in [0.2, 0.25) is 5.91 Å². The van der Waals surface area contributed by atoms with Crippen molar-refractivity contribution in [3.05, 3.63) is 28.7 Å². The molecule has 1 heterocycles. The molecule has 0 aromatic heterocycles. The maximum absolute atomic E-state index is 11.7. The fourth-order valence-corrected chi connectivity index (χ4v) is 2.53. The summed E-state index contributed by atoms with van der Waals surface area (Å²) >= 11 is 3.41. The minimum absolute atomic E-state index is 0.301. The summed E-state index contributed by atoms with van der Waals surface area (Å²) in [5.74, 6) is -0.301. The first-order chi connectivity index (χ1) is 8.12. The van der Waals surface area contributed by atoms with Crippen molar-refractivity contribution in [2.24, 2.45) is 5.73 Å². The summed E-state index contributed by atoms with van der Waals surface area (Å²) in [6.45, 7) is 1.52. The highest BCUT2D eigenvalue weighted by molar-refractivity contribution is 9.10. The van der Waals surface area contributed by atoms with Crippen molar-refractivity contribution < 1.29 is 4.79 Å². The van der Waals surface area contributed by atoms with Gasteiger partial charge in [0.1, 0.15) is 5.54 Å². The zero-order valence-corrected chi connectivity index (χ0v) is 11.1. The van der Waals surface area contributed by atoms with Gasteiger partial charge in [-0.1, -0.05) is 22.0 Å². The number of piperidine rings is 1. The Labute approximate surface area is 109 Å². The van der Waals surface area contributed by atoms with E-state index in [2.05, 4.69) is 26.6 Å². The van der Waals surface area contributed by atoms with Gasteiger partial charge < -0.3 is 16.4 Å². The first-order valence-electron chi connectivity index (χ1n) is 5.67. The van der Waals surface area contributed by atoms with Gasteiger partial charge in [0, 0.05) is 16.7 Å². The number of nitrogens with two attached hydrogens (primary N) is 1. The molecular formula is C12H16BrN3O. The van der Waals surface area contributed by atoms with Crippen LogP contribution in [0, 0.1) is 0 Å². The number of benzene rings is 1. The Balaban J connectivity index is 2.20. The van der Waals surface area contributed by atoms with Crippen LogP contribution in [-0.4, -0.2) is 24.5 Å². The molecule has 1 atom stereocenters. The van der Waals surface area contributed by atoms with E-state index in [1.54, 1.807) is 0 Å². The number of primary amides is 1. The Hall–Kier alpha value is -1.07. The lowest BCUT2D eigenvalue weighted by molar-refractivity contribution is -0.122. The largest absolute Gasteiger partial charge is 0.370 e. The molecule has 0 saturated carbocycles. The highest BCUT2D eigenvalue weighted by atomic mass is 79.9. The number of carbonyl (C=O) groups excluding carboxylic acids is 1. The van der Waals surface area contributed by atoms with E-state index in [-0.39, 0.29) is 5.91 Å². The minimum atomic E-state index is -0.668. The molecule has 17 heavy (non-hydrogen) atoms. The molecule has 1 saturated heterocycles. The van der Waals surface area contributed by atoms with Gasteiger partial charge in [-0.15, -0.1) is 0 Å². The van der Waals surface area contributed by atoms with Gasteiger partial charge in [0.05, 0.1) is 0 Å². The predicted octanol–water partition coefficient (Wildman–Crippen LogP) is 1.47. The highest BCUT2D eigenvalue weighted by Crippen LogP contribution is 2.24. The summed E-state index contributed by atoms with van der Waals surface area (Å²) in [5.41, 5.74) is 5.77. The zero-order chi connectivity index (χ0) is 12.3. The molecule has 1 aromatic rings. The maximum atomic E-state index is 11.7. The molecule has 1 amide bonds. The molecule has 1 fully saturated rings. The molecular weight excluding hydrogens is 282 g/mol. The number of carbonyl (C=O) groups is 1. The summed E-state index contributed by atoms with van der Waals surface area (Å²) in [6.07, 6.45) is 1.71. The quantitative estimate of drug-likeness (QED) is 0.791. The van der Waals surface area contributed by atoms with Crippen molar-refractivity contribution in [3.8, 4) is 0 Å². The van der Waals surface area contributed by atoms with E-state index in [9.17, 15) is 4.79 Å². The van der Waals surface area contributed by atoms with Crippen LogP contribution < -0.4 is 16.4 Å². The molecule has 1 aliphatic heterocycles. The molecule has 1 aliphatic rings. The highest BCUT2D eigenvalue weighted by Gasteiger charge is 2.37. The second-order valence-corrected chi connectivity index (χ2v) is 5.28. The SMILES string of the molecule is NC(=O)C1(Nc2cccc(Br)c2)CCCNC1. The molecule has 1 aromatic carbocycles. The van der Waals surface area contributed by atoms with Crippen LogP contribution in [0.25, 0.3) is 0 Å². The molecule has 4 nitrogen and oxygen atoms in total. The smallest absolute Gasteiger partial charge is 0.244 e.